The zero-order valence-corrected chi connectivity index (χ0v) is 13.2. The summed E-state index contributed by atoms with van der Waals surface area (Å²) in [6, 6.07) is 5.29. The normalized spacial score (nSPS) is 16.3. The van der Waals surface area contributed by atoms with E-state index >= 15 is 0 Å². The molecule has 0 saturated heterocycles. The highest BCUT2D eigenvalue weighted by molar-refractivity contribution is 6.36. The largest absolute Gasteiger partial charge is 0.382 e. The maximum atomic E-state index is 6.25. The van der Waals surface area contributed by atoms with Crippen LogP contribution in [0.4, 0.5) is 5.82 Å². The zero-order valence-electron chi connectivity index (χ0n) is 11.6. The molecule has 0 bridgehead atoms. The summed E-state index contributed by atoms with van der Waals surface area (Å²) in [5.74, 6) is 7.79. The van der Waals surface area contributed by atoms with Crippen molar-refractivity contribution in [3.63, 3.8) is 0 Å². The minimum absolute atomic E-state index is 0.380. The fraction of sp³-hybridized carbons (Fsp3) is 0.400. The number of nitrogen functional groups attached to an aromatic ring is 2. The first-order valence-corrected chi connectivity index (χ1v) is 7.92. The molecule has 0 unspecified atom stereocenters. The molecule has 6 heteroatoms. The summed E-state index contributed by atoms with van der Waals surface area (Å²) in [7, 11) is 0. The highest BCUT2D eigenvalue weighted by atomic mass is 35.5. The van der Waals surface area contributed by atoms with E-state index < -0.39 is 0 Å². The Morgan fingerprint density at radius 3 is 2.52 bits per heavy atom. The molecule has 112 valence electrons. The van der Waals surface area contributed by atoms with Crippen LogP contribution in [0.5, 0.6) is 0 Å². The Kier molecular flexibility index (Phi) is 4.00. The molecular formula is C15H18Cl2N4. The second-order valence-electron chi connectivity index (χ2n) is 5.53. The van der Waals surface area contributed by atoms with Crippen LogP contribution in [0.1, 0.15) is 43.8 Å². The Bertz CT molecular complexity index is 660. The minimum atomic E-state index is 0.380. The van der Waals surface area contributed by atoms with Crippen LogP contribution in [-0.2, 0) is 0 Å². The quantitative estimate of drug-likeness (QED) is 0.813. The molecule has 1 heterocycles. The molecule has 3 rings (SSSR count). The third-order valence-corrected chi connectivity index (χ3v) is 4.68. The lowest BCUT2D eigenvalue weighted by molar-refractivity contribution is 0.424. The number of imidazole rings is 1. The van der Waals surface area contributed by atoms with Crippen LogP contribution in [-0.4, -0.2) is 9.66 Å². The zero-order chi connectivity index (χ0) is 15.0. The van der Waals surface area contributed by atoms with Crippen molar-refractivity contribution in [2.45, 2.75) is 38.0 Å². The van der Waals surface area contributed by atoms with Gasteiger partial charge in [0.2, 0.25) is 0 Å². The highest BCUT2D eigenvalue weighted by Gasteiger charge is 2.24. The van der Waals surface area contributed by atoms with Crippen LogP contribution >= 0.6 is 23.2 Å². The van der Waals surface area contributed by atoms with Crippen molar-refractivity contribution in [3.05, 3.63) is 34.1 Å². The summed E-state index contributed by atoms with van der Waals surface area (Å²) in [6.45, 7) is 0. The van der Waals surface area contributed by atoms with Crippen molar-refractivity contribution >= 4 is 29.0 Å². The molecule has 1 aliphatic rings. The molecule has 0 atom stereocenters. The number of anilines is 1. The van der Waals surface area contributed by atoms with Gasteiger partial charge in [-0.1, -0.05) is 42.5 Å². The van der Waals surface area contributed by atoms with Crippen molar-refractivity contribution in [1.82, 2.24) is 9.66 Å². The van der Waals surface area contributed by atoms with E-state index in [2.05, 4.69) is 4.98 Å². The van der Waals surface area contributed by atoms with Gasteiger partial charge in [0, 0.05) is 16.5 Å². The van der Waals surface area contributed by atoms with Crippen molar-refractivity contribution in [3.8, 4) is 11.3 Å². The van der Waals surface area contributed by atoms with Gasteiger partial charge >= 0.3 is 0 Å². The summed E-state index contributed by atoms with van der Waals surface area (Å²) in [6.07, 6.45) is 5.94. The molecule has 4 N–H and O–H groups in total. The predicted octanol–water partition coefficient (Wildman–Crippen LogP) is 4.20. The second-order valence-corrected chi connectivity index (χ2v) is 6.38. The molecule has 2 aromatic rings. The molecule has 0 amide bonds. The number of halogens is 2. The van der Waals surface area contributed by atoms with Gasteiger partial charge in [-0.3, -0.25) is 0 Å². The van der Waals surface area contributed by atoms with E-state index in [-0.39, 0.29) is 0 Å². The van der Waals surface area contributed by atoms with Crippen molar-refractivity contribution < 1.29 is 0 Å². The third-order valence-electron chi connectivity index (χ3n) is 4.13. The number of hydrogen-bond donors (Lipinski definition) is 2. The first kappa shape index (κ1) is 14.5. The lowest BCUT2D eigenvalue weighted by atomic mass is 9.89. The van der Waals surface area contributed by atoms with Gasteiger partial charge in [-0.2, -0.15) is 0 Å². The van der Waals surface area contributed by atoms with Gasteiger partial charge in [-0.25, -0.2) is 9.66 Å². The van der Waals surface area contributed by atoms with Crippen LogP contribution in [0.2, 0.25) is 10.0 Å². The van der Waals surface area contributed by atoms with Gasteiger partial charge < -0.3 is 11.6 Å². The lowest BCUT2D eigenvalue weighted by Gasteiger charge is -2.20. The van der Waals surface area contributed by atoms with E-state index in [1.54, 1.807) is 12.1 Å². The maximum absolute atomic E-state index is 6.25. The number of aromatic nitrogens is 2. The van der Waals surface area contributed by atoms with E-state index in [0.29, 0.717) is 27.5 Å². The van der Waals surface area contributed by atoms with Crippen LogP contribution in [0, 0.1) is 0 Å². The lowest BCUT2D eigenvalue weighted by Crippen LogP contribution is -2.19. The standard InChI is InChI=1S/C15H18Cl2N4/c16-10-6-7-11(12(17)8-10)13-14(18)21(19)15(20-13)9-4-2-1-3-5-9/h6-9H,1-5,18-19H2. The van der Waals surface area contributed by atoms with Gasteiger partial charge in [0.15, 0.2) is 5.82 Å². The van der Waals surface area contributed by atoms with E-state index in [9.17, 15) is 0 Å². The maximum Gasteiger partial charge on any atom is 0.150 e. The van der Waals surface area contributed by atoms with Gasteiger partial charge in [-0.05, 0) is 31.0 Å². The molecule has 1 aromatic carbocycles. The van der Waals surface area contributed by atoms with Crippen LogP contribution in [0.25, 0.3) is 11.3 Å². The van der Waals surface area contributed by atoms with Gasteiger partial charge in [-0.15, -0.1) is 0 Å². The first-order valence-electron chi connectivity index (χ1n) is 7.16. The van der Waals surface area contributed by atoms with Crippen LogP contribution < -0.4 is 11.6 Å². The van der Waals surface area contributed by atoms with Gasteiger partial charge in [0.25, 0.3) is 0 Å². The molecule has 1 aliphatic carbocycles. The van der Waals surface area contributed by atoms with Crippen LogP contribution in [0.15, 0.2) is 18.2 Å². The summed E-state index contributed by atoms with van der Waals surface area (Å²) in [4.78, 5) is 4.68. The number of benzene rings is 1. The Labute approximate surface area is 134 Å². The molecule has 1 saturated carbocycles. The molecule has 1 fully saturated rings. The van der Waals surface area contributed by atoms with Crippen LogP contribution in [0.3, 0.4) is 0 Å². The van der Waals surface area contributed by atoms with E-state index in [4.69, 9.17) is 34.8 Å². The summed E-state index contributed by atoms with van der Waals surface area (Å²) in [5.41, 5.74) is 7.54. The minimum Gasteiger partial charge on any atom is -0.382 e. The Hall–Kier alpha value is -1.39. The third kappa shape index (κ3) is 2.70. The smallest absolute Gasteiger partial charge is 0.150 e. The van der Waals surface area contributed by atoms with Crippen molar-refractivity contribution in [2.24, 2.45) is 0 Å². The molecule has 0 spiro atoms. The number of nitrogens with zero attached hydrogens (tertiary/aromatic N) is 2. The molecule has 4 nitrogen and oxygen atoms in total. The van der Waals surface area contributed by atoms with Gasteiger partial charge in [0.05, 0.1) is 5.02 Å². The molecule has 0 radical (unpaired) electrons. The SMILES string of the molecule is Nc1c(-c2ccc(Cl)cc2Cl)nc(C2CCCCC2)n1N. The van der Waals surface area contributed by atoms with Crippen molar-refractivity contribution in [1.29, 1.82) is 0 Å². The molecular weight excluding hydrogens is 307 g/mol. The number of hydrogen-bond acceptors (Lipinski definition) is 3. The summed E-state index contributed by atoms with van der Waals surface area (Å²) < 4.78 is 1.51. The average Bonchev–Trinajstić information content (AvgIpc) is 2.77. The van der Waals surface area contributed by atoms with E-state index in [1.165, 1.54) is 23.9 Å². The number of rotatable bonds is 2. The predicted molar refractivity (Wildman–Crippen MR) is 88.1 cm³/mol. The van der Waals surface area contributed by atoms with E-state index in [0.717, 1.165) is 24.2 Å². The van der Waals surface area contributed by atoms with Gasteiger partial charge in [0.1, 0.15) is 11.5 Å². The monoisotopic (exact) mass is 324 g/mol. The number of nitrogens with two attached hydrogens (primary N) is 2. The highest BCUT2D eigenvalue weighted by Crippen LogP contribution is 2.37. The fourth-order valence-electron chi connectivity index (χ4n) is 2.99. The molecule has 1 aromatic heterocycles. The Balaban J connectivity index is 2.03. The fourth-order valence-corrected chi connectivity index (χ4v) is 3.49. The molecule has 0 aliphatic heterocycles. The Morgan fingerprint density at radius 1 is 1.14 bits per heavy atom. The second kappa shape index (κ2) is 5.78. The Morgan fingerprint density at radius 2 is 1.86 bits per heavy atom. The first-order chi connectivity index (χ1) is 10.1. The summed E-state index contributed by atoms with van der Waals surface area (Å²) in [5, 5.41) is 1.12. The average molecular weight is 325 g/mol. The molecule has 21 heavy (non-hydrogen) atoms. The van der Waals surface area contributed by atoms with E-state index in [1.807, 2.05) is 6.07 Å². The topological polar surface area (TPSA) is 69.9 Å². The summed E-state index contributed by atoms with van der Waals surface area (Å²) >= 11 is 12.2. The van der Waals surface area contributed by atoms with Crippen molar-refractivity contribution in [2.75, 3.05) is 11.6 Å².